The first-order valence-corrected chi connectivity index (χ1v) is 4.06. The summed E-state index contributed by atoms with van der Waals surface area (Å²) >= 11 is 0. The molecule has 1 aliphatic rings. The van der Waals surface area contributed by atoms with Crippen molar-refractivity contribution >= 4 is 0 Å². The van der Waals surface area contributed by atoms with Crippen molar-refractivity contribution in [1.82, 2.24) is 9.97 Å². The first kappa shape index (κ1) is 9.23. The molecule has 0 saturated carbocycles. The lowest BCUT2D eigenvalue weighted by atomic mass is 10.2. The molecule has 14 heavy (non-hydrogen) atoms. The van der Waals surface area contributed by atoms with E-state index in [1.807, 2.05) is 0 Å². The van der Waals surface area contributed by atoms with Gasteiger partial charge >= 0.3 is 6.18 Å². The van der Waals surface area contributed by atoms with E-state index < -0.39 is 11.9 Å². The van der Waals surface area contributed by atoms with Crippen LogP contribution >= 0.6 is 0 Å². The molecule has 0 N–H and O–H groups in total. The average Bonchev–Trinajstić information content (AvgIpc) is 2.47. The van der Waals surface area contributed by atoms with Gasteiger partial charge in [0.25, 0.3) is 0 Å². The molecule has 76 valence electrons. The quantitative estimate of drug-likeness (QED) is 0.645. The number of fused-ring (bicyclic) bond motifs is 1. The van der Waals surface area contributed by atoms with Crippen LogP contribution in [-0.4, -0.2) is 16.6 Å². The van der Waals surface area contributed by atoms with Gasteiger partial charge in [-0.15, -0.1) is 0 Å². The molecule has 0 aromatic carbocycles. The molecule has 1 aromatic rings. The molecule has 1 aliphatic heterocycles. The third-order valence-corrected chi connectivity index (χ3v) is 1.94. The molecule has 0 aliphatic carbocycles. The highest BCUT2D eigenvalue weighted by atomic mass is 19.4. The normalized spacial score (nSPS) is 15.1. The highest BCUT2D eigenvalue weighted by Crippen LogP contribution is 2.36. The number of hydrogen-bond donors (Lipinski definition) is 0. The zero-order chi connectivity index (χ0) is 10.3. The number of rotatable bonds is 0. The molecule has 0 radical (unpaired) electrons. The van der Waals surface area contributed by atoms with Crippen LogP contribution in [0, 0.1) is 6.92 Å². The SMILES string of the molecule is Cc1nc2c(c(C(F)(F)F)n1)CCO2. The minimum Gasteiger partial charge on any atom is -0.477 e. The fourth-order valence-corrected chi connectivity index (χ4v) is 1.40. The van der Waals surface area contributed by atoms with E-state index >= 15 is 0 Å². The highest BCUT2D eigenvalue weighted by molar-refractivity contribution is 5.35. The number of aryl methyl sites for hydroxylation is 1. The Bertz CT molecular complexity index is 376. The monoisotopic (exact) mass is 204 g/mol. The summed E-state index contributed by atoms with van der Waals surface area (Å²) in [5.41, 5.74) is -0.791. The molecule has 0 spiro atoms. The maximum Gasteiger partial charge on any atom is 0.433 e. The number of nitrogens with zero attached hydrogens (tertiary/aromatic N) is 2. The predicted molar refractivity (Wildman–Crippen MR) is 41.0 cm³/mol. The van der Waals surface area contributed by atoms with Gasteiger partial charge in [-0.3, -0.25) is 0 Å². The second-order valence-electron chi connectivity index (χ2n) is 3.00. The van der Waals surface area contributed by atoms with E-state index in [1.165, 1.54) is 6.92 Å². The standard InChI is InChI=1S/C8H7F3N2O/c1-4-12-6(8(9,10)11)5-2-3-14-7(5)13-4/h2-3H2,1H3. The zero-order valence-corrected chi connectivity index (χ0v) is 7.35. The summed E-state index contributed by atoms with van der Waals surface area (Å²) in [6, 6.07) is 0. The van der Waals surface area contributed by atoms with E-state index in [9.17, 15) is 13.2 Å². The van der Waals surface area contributed by atoms with Crippen molar-refractivity contribution < 1.29 is 17.9 Å². The lowest BCUT2D eigenvalue weighted by Crippen LogP contribution is -2.13. The Morgan fingerprint density at radius 2 is 2.00 bits per heavy atom. The van der Waals surface area contributed by atoms with Gasteiger partial charge in [0.15, 0.2) is 5.69 Å². The van der Waals surface area contributed by atoms with Crippen LogP contribution < -0.4 is 4.74 Å². The molecule has 3 nitrogen and oxygen atoms in total. The number of hydrogen-bond acceptors (Lipinski definition) is 3. The number of alkyl halides is 3. The highest BCUT2D eigenvalue weighted by Gasteiger charge is 2.38. The predicted octanol–water partition coefficient (Wildman–Crippen LogP) is 1.74. The second kappa shape index (κ2) is 2.83. The van der Waals surface area contributed by atoms with Gasteiger partial charge in [0.05, 0.1) is 6.61 Å². The van der Waals surface area contributed by atoms with E-state index in [-0.39, 0.29) is 30.3 Å². The van der Waals surface area contributed by atoms with Crippen LogP contribution in [0.5, 0.6) is 5.88 Å². The molecule has 2 heterocycles. The van der Waals surface area contributed by atoms with Crippen molar-refractivity contribution in [3.63, 3.8) is 0 Å². The van der Waals surface area contributed by atoms with Crippen LogP contribution in [0.25, 0.3) is 0 Å². The van der Waals surface area contributed by atoms with Crippen LogP contribution in [0.2, 0.25) is 0 Å². The van der Waals surface area contributed by atoms with Gasteiger partial charge in [-0.05, 0) is 6.92 Å². The first-order valence-electron chi connectivity index (χ1n) is 4.06. The molecule has 0 fully saturated rings. The molecule has 0 atom stereocenters. The molecule has 0 saturated heterocycles. The Hall–Kier alpha value is -1.33. The molecule has 0 bridgehead atoms. The Labute approximate surface area is 77.9 Å². The van der Waals surface area contributed by atoms with E-state index in [0.29, 0.717) is 0 Å². The Kier molecular flexibility index (Phi) is 1.87. The first-order chi connectivity index (χ1) is 6.48. The van der Waals surface area contributed by atoms with Gasteiger partial charge < -0.3 is 4.74 Å². The lowest BCUT2D eigenvalue weighted by Gasteiger charge is -2.09. The van der Waals surface area contributed by atoms with E-state index in [0.717, 1.165) is 0 Å². The largest absolute Gasteiger partial charge is 0.477 e. The minimum atomic E-state index is -4.43. The Morgan fingerprint density at radius 1 is 1.29 bits per heavy atom. The van der Waals surface area contributed by atoms with Gasteiger partial charge in [-0.25, -0.2) is 4.98 Å². The third kappa shape index (κ3) is 1.40. The van der Waals surface area contributed by atoms with Crippen molar-refractivity contribution in [1.29, 1.82) is 0 Å². The summed E-state index contributed by atoms with van der Waals surface area (Å²) in [6.45, 7) is 1.66. The lowest BCUT2D eigenvalue weighted by molar-refractivity contribution is -0.141. The van der Waals surface area contributed by atoms with Crippen molar-refractivity contribution in [2.24, 2.45) is 0 Å². The van der Waals surface area contributed by atoms with Crippen LogP contribution in [0.15, 0.2) is 0 Å². The summed E-state index contributed by atoms with van der Waals surface area (Å²) in [5.74, 6) is 0.155. The maximum absolute atomic E-state index is 12.5. The smallest absolute Gasteiger partial charge is 0.433 e. The van der Waals surface area contributed by atoms with Gasteiger partial charge in [-0.1, -0.05) is 0 Å². The molecule has 1 aromatic heterocycles. The molecule has 6 heteroatoms. The Morgan fingerprint density at radius 3 is 2.64 bits per heavy atom. The third-order valence-electron chi connectivity index (χ3n) is 1.94. The van der Waals surface area contributed by atoms with Gasteiger partial charge in [0, 0.05) is 12.0 Å². The van der Waals surface area contributed by atoms with E-state index in [4.69, 9.17) is 4.74 Å². The summed E-state index contributed by atoms with van der Waals surface area (Å²) in [4.78, 5) is 7.19. The number of ether oxygens (including phenoxy) is 1. The average molecular weight is 204 g/mol. The molecule has 0 amide bonds. The minimum absolute atomic E-state index is 0.0723. The molecular weight excluding hydrogens is 197 g/mol. The molecule has 0 unspecified atom stereocenters. The Balaban J connectivity index is 2.60. The van der Waals surface area contributed by atoms with Crippen molar-refractivity contribution in [3.05, 3.63) is 17.1 Å². The van der Waals surface area contributed by atoms with Crippen LogP contribution in [0.1, 0.15) is 17.1 Å². The van der Waals surface area contributed by atoms with Crippen LogP contribution in [0.4, 0.5) is 13.2 Å². The summed E-state index contributed by atoms with van der Waals surface area (Å²) in [7, 11) is 0. The maximum atomic E-state index is 12.5. The van der Waals surface area contributed by atoms with Crippen LogP contribution in [-0.2, 0) is 12.6 Å². The van der Waals surface area contributed by atoms with Gasteiger partial charge in [0.1, 0.15) is 5.82 Å². The van der Waals surface area contributed by atoms with Crippen molar-refractivity contribution in [2.75, 3.05) is 6.61 Å². The van der Waals surface area contributed by atoms with Crippen molar-refractivity contribution in [3.8, 4) is 5.88 Å². The molecule has 2 rings (SSSR count). The summed E-state index contributed by atoms with van der Waals surface area (Å²) < 4.78 is 42.4. The molecular formula is C8H7F3N2O. The van der Waals surface area contributed by atoms with E-state index in [2.05, 4.69) is 9.97 Å². The number of aromatic nitrogens is 2. The fraction of sp³-hybridized carbons (Fsp3) is 0.500. The van der Waals surface area contributed by atoms with Crippen LogP contribution in [0.3, 0.4) is 0 Å². The van der Waals surface area contributed by atoms with E-state index in [1.54, 1.807) is 0 Å². The van der Waals surface area contributed by atoms with Gasteiger partial charge in [-0.2, -0.15) is 18.2 Å². The number of halogens is 3. The van der Waals surface area contributed by atoms with Crippen molar-refractivity contribution in [2.45, 2.75) is 19.5 Å². The second-order valence-corrected chi connectivity index (χ2v) is 3.00. The topological polar surface area (TPSA) is 35.0 Å². The zero-order valence-electron chi connectivity index (χ0n) is 7.35. The summed E-state index contributed by atoms with van der Waals surface area (Å²) in [5, 5.41) is 0. The summed E-state index contributed by atoms with van der Waals surface area (Å²) in [6.07, 6.45) is -4.20. The van der Waals surface area contributed by atoms with Gasteiger partial charge in [0.2, 0.25) is 5.88 Å². The fourth-order valence-electron chi connectivity index (χ4n) is 1.40.